The Morgan fingerprint density at radius 2 is 2.28 bits per heavy atom. The molecule has 0 spiro atoms. The Morgan fingerprint density at radius 3 is 2.94 bits per heavy atom. The largest absolute Gasteiger partial charge is 0.466 e. The summed E-state index contributed by atoms with van der Waals surface area (Å²) in [6, 6.07) is 0. The van der Waals surface area contributed by atoms with Gasteiger partial charge in [-0.2, -0.15) is 0 Å². The number of hydrogen-bond donors (Lipinski definition) is 1. The zero-order chi connectivity index (χ0) is 13.0. The number of ether oxygens (including phenoxy) is 2. The fraction of sp³-hybridized carbons (Fsp3) is 0.833. The highest BCUT2D eigenvalue weighted by Crippen LogP contribution is 2.20. The van der Waals surface area contributed by atoms with Crippen molar-refractivity contribution in [1.29, 1.82) is 0 Å². The maximum Gasteiger partial charge on any atom is 0.294 e. The van der Waals surface area contributed by atoms with Crippen LogP contribution >= 0.6 is 11.3 Å². The van der Waals surface area contributed by atoms with Crippen molar-refractivity contribution >= 4 is 11.3 Å². The highest BCUT2D eigenvalue weighted by molar-refractivity contribution is 7.13. The van der Waals surface area contributed by atoms with E-state index in [4.69, 9.17) is 9.47 Å². The van der Waals surface area contributed by atoms with Crippen LogP contribution in [0.5, 0.6) is 5.19 Å². The van der Waals surface area contributed by atoms with E-state index in [1.165, 1.54) is 11.3 Å². The second kappa shape index (κ2) is 5.95. The van der Waals surface area contributed by atoms with E-state index in [1.54, 1.807) is 0 Å². The quantitative estimate of drug-likeness (QED) is 0.887. The fourth-order valence-electron chi connectivity index (χ4n) is 1.65. The topological polar surface area (TPSA) is 56.3 Å². The molecule has 1 aliphatic rings. The van der Waals surface area contributed by atoms with E-state index in [1.807, 2.05) is 0 Å². The zero-order valence-corrected chi connectivity index (χ0v) is 12.0. The monoisotopic (exact) mass is 271 g/mol. The molecular formula is C12H21N3O2S. The van der Waals surface area contributed by atoms with Crippen LogP contribution in [0.3, 0.4) is 0 Å². The molecule has 0 bridgehead atoms. The van der Waals surface area contributed by atoms with Crippen molar-refractivity contribution in [2.24, 2.45) is 0 Å². The average Bonchev–Trinajstić information content (AvgIpc) is 2.94. The van der Waals surface area contributed by atoms with Crippen molar-refractivity contribution in [3.8, 4) is 5.19 Å². The average molecular weight is 271 g/mol. The normalized spacial score (nSPS) is 20.3. The van der Waals surface area contributed by atoms with Gasteiger partial charge in [0.2, 0.25) is 0 Å². The Labute approximate surface area is 112 Å². The third kappa shape index (κ3) is 4.51. The Morgan fingerprint density at radius 1 is 1.44 bits per heavy atom. The van der Waals surface area contributed by atoms with Crippen LogP contribution in [-0.2, 0) is 11.3 Å². The van der Waals surface area contributed by atoms with Gasteiger partial charge in [-0.3, -0.25) is 0 Å². The molecule has 0 saturated carbocycles. The van der Waals surface area contributed by atoms with Gasteiger partial charge in [0.1, 0.15) is 11.6 Å². The van der Waals surface area contributed by atoms with Crippen LogP contribution in [0.25, 0.3) is 0 Å². The molecule has 102 valence electrons. The minimum atomic E-state index is 0.0877. The zero-order valence-electron chi connectivity index (χ0n) is 11.2. The molecule has 1 N–H and O–H groups in total. The van der Waals surface area contributed by atoms with Gasteiger partial charge in [0.25, 0.3) is 5.19 Å². The van der Waals surface area contributed by atoms with E-state index < -0.39 is 0 Å². The van der Waals surface area contributed by atoms with Gasteiger partial charge in [0.05, 0.1) is 12.6 Å². The maximum absolute atomic E-state index is 5.59. The molecule has 6 heteroatoms. The lowest BCUT2D eigenvalue weighted by Gasteiger charge is -2.19. The summed E-state index contributed by atoms with van der Waals surface area (Å²) in [6.45, 7) is 8.55. The predicted octanol–water partition coefficient (Wildman–Crippen LogP) is 1.98. The summed E-state index contributed by atoms with van der Waals surface area (Å²) >= 11 is 1.49. The maximum atomic E-state index is 5.59. The van der Waals surface area contributed by atoms with Crippen molar-refractivity contribution in [3.05, 3.63) is 5.01 Å². The molecule has 5 nitrogen and oxygen atoms in total. The van der Waals surface area contributed by atoms with Crippen LogP contribution in [0.2, 0.25) is 0 Å². The summed E-state index contributed by atoms with van der Waals surface area (Å²) < 4.78 is 11.1. The van der Waals surface area contributed by atoms with Crippen LogP contribution in [-0.4, -0.2) is 35.1 Å². The summed E-state index contributed by atoms with van der Waals surface area (Å²) in [5.41, 5.74) is 0.0877. The smallest absolute Gasteiger partial charge is 0.294 e. The van der Waals surface area contributed by atoms with Gasteiger partial charge in [-0.1, -0.05) is 11.3 Å². The molecule has 0 aromatic carbocycles. The minimum absolute atomic E-state index is 0.0877. The number of hydrogen-bond acceptors (Lipinski definition) is 6. The Balaban J connectivity index is 1.75. The lowest BCUT2D eigenvalue weighted by molar-refractivity contribution is 0.0676. The molecule has 1 aromatic heterocycles. The highest BCUT2D eigenvalue weighted by Gasteiger charge is 2.17. The summed E-state index contributed by atoms with van der Waals surface area (Å²) in [4.78, 5) is 0. The Kier molecular flexibility index (Phi) is 4.53. The SMILES string of the molecule is CC(C)(C)NCc1nnc(OCC2CCCO2)s1. The first kappa shape index (κ1) is 13.7. The lowest BCUT2D eigenvalue weighted by Crippen LogP contribution is -2.35. The van der Waals surface area contributed by atoms with Gasteiger partial charge in [-0.15, -0.1) is 10.2 Å². The second-order valence-electron chi connectivity index (χ2n) is 5.51. The molecule has 1 aromatic rings. The van der Waals surface area contributed by atoms with E-state index in [-0.39, 0.29) is 11.6 Å². The summed E-state index contributed by atoms with van der Waals surface area (Å²) in [5, 5.41) is 13.1. The van der Waals surface area contributed by atoms with Crippen LogP contribution in [0.1, 0.15) is 38.6 Å². The van der Waals surface area contributed by atoms with Gasteiger partial charge >= 0.3 is 0 Å². The first-order valence-electron chi connectivity index (χ1n) is 6.35. The van der Waals surface area contributed by atoms with Crippen molar-refractivity contribution in [3.63, 3.8) is 0 Å². The predicted molar refractivity (Wildman–Crippen MR) is 71.0 cm³/mol. The molecule has 0 radical (unpaired) electrons. The lowest BCUT2D eigenvalue weighted by atomic mass is 10.1. The number of nitrogens with one attached hydrogen (secondary N) is 1. The van der Waals surface area contributed by atoms with Crippen LogP contribution < -0.4 is 10.1 Å². The first-order valence-corrected chi connectivity index (χ1v) is 7.16. The molecule has 1 unspecified atom stereocenters. The Bertz CT molecular complexity index is 370. The standard InChI is InChI=1S/C12H21N3O2S/c1-12(2,3)13-7-10-14-15-11(18-10)17-8-9-5-4-6-16-9/h9,13H,4-8H2,1-3H3. The third-order valence-electron chi connectivity index (χ3n) is 2.63. The molecular weight excluding hydrogens is 250 g/mol. The van der Waals surface area contributed by atoms with Crippen molar-refractivity contribution in [1.82, 2.24) is 15.5 Å². The molecule has 0 aliphatic carbocycles. The van der Waals surface area contributed by atoms with Gasteiger partial charge in [-0.25, -0.2) is 0 Å². The van der Waals surface area contributed by atoms with E-state index in [2.05, 4.69) is 36.3 Å². The van der Waals surface area contributed by atoms with Crippen LogP contribution in [0, 0.1) is 0 Å². The van der Waals surface area contributed by atoms with E-state index in [0.717, 1.165) is 31.0 Å². The van der Waals surface area contributed by atoms with Crippen molar-refractivity contribution in [2.45, 2.75) is 51.8 Å². The molecule has 0 amide bonds. The third-order valence-corrected chi connectivity index (χ3v) is 3.47. The van der Waals surface area contributed by atoms with E-state index in [0.29, 0.717) is 11.8 Å². The van der Waals surface area contributed by atoms with E-state index >= 15 is 0 Å². The fourth-order valence-corrected chi connectivity index (χ4v) is 2.28. The van der Waals surface area contributed by atoms with Crippen molar-refractivity contribution in [2.75, 3.05) is 13.2 Å². The van der Waals surface area contributed by atoms with Gasteiger partial charge in [-0.05, 0) is 33.6 Å². The number of nitrogens with zero attached hydrogens (tertiary/aromatic N) is 2. The second-order valence-corrected chi connectivity index (χ2v) is 6.54. The summed E-state index contributed by atoms with van der Waals surface area (Å²) in [6.07, 6.45) is 2.44. The number of aromatic nitrogens is 2. The van der Waals surface area contributed by atoms with Crippen LogP contribution in [0.4, 0.5) is 0 Å². The molecule has 2 rings (SSSR count). The number of rotatable bonds is 5. The van der Waals surface area contributed by atoms with Crippen LogP contribution in [0.15, 0.2) is 0 Å². The summed E-state index contributed by atoms with van der Waals surface area (Å²) in [7, 11) is 0. The Hall–Kier alpha value is -0.720. The van der Waals surface area contributed by atoms with E-state index in [9.17, 15) is 0 Å². The first-order chi connectivity index (χ1) is 8.53. The van der Waals surface area contributed by atoms with Crippen molar-refractivity contribution < 1.29 is 9.47 Å². The molecule has 1 saturated heterocycles. The highest BCUT2D eigenvalue weighted by atomic mass is 32.1. The molecule has 1 fully saturated rings. The molecule has 1 atom stereocenters. The van der Waals surface area contributed by atoms with Gasteiger partial charge in [0.15, 0.2) is 0 Å². The molecule has 18 heavy (non-hydrogen) atoms. The molecule has 2 heterocycles. The van der Waals surface area contributed by atoms with Gasteiger partial charge < -0.3 is 14.8 Å². The molecule has 1 aliphatic heterocycles. The summed E-state index contributed by atoms with van der Waals surface area (Å²) in [5.74, 6) is 0. The van der Waals surface area contributed by atoms with Gasteiger partial charge in [0, 0.05) is 12.1 Å². The minimum Gasteiger partial charge on any atom is -0.466 e.